The maximum atomic E-state index is 12.4. The van der Waals surface area contributed by atoms with Crippen LogP contribution in [-0.4, -0.2) is 16.8 Å². The minimum absolute atomic E-state index is 0.0674. The van der Waals surface area contributed by atoms with Crippen molar-refractivity contribution in [2.75, 3.05) is 0 Å². The highest BCUT2D eigenvalue weighted by atomic mass is 16.2. The first-order chi connectivity index (χ1) is 10.6. The number of nitrogens with one attached hydrogen (secondary N) is 2. The van der Waals surface area contributed by atoms with Crippen LogP contribution in [0.4, 0.5) is 0 Å². The number of H-pyrrole nitrogens is 1. The van der Waals surface area contributed by atoms with E-state index < -0.39 is 0 Å². The minimum Gasteiger partial charge on any atom is -0.369 e. The Morgan fingerprint density at radius 1 is 1.18 bits per heavy atom. The molecule has 1 fully saturated rings. The number of carbonyl (C=O) groups is 2. The number of para-hydroxylation sites is 1. The van der Waals surface area contributed by atoms with E-state index in [2.05, 4.69) is 10.3 Å². The van der Waals surface area contributed by atoms with Gasteiger partial charge in [-0.2, -0.15) is 0 Å². The highest BCUT2D eigenvalue weighted by molar-refractivity contribution is 5.87. The molecule has 0 spiro atoms. The summed E-state index contributed by atoms with van der Waals surface area (Å²) in [7, 11) is 0. The summed E-state index contributed by atoms with van der Waals surface area (Å²) in [5.41, 5.74) is 7.44. The number of amides is 2. The van der Waals surface area contributed by atoms with Crippen molar-refractivity contribution < 1.29 is 9.59 Å². The quantitative estimate of drug-likeness (QED) is 0.807. The zero-order valence-electron chi connectivity index (χ0n) is 12.5. The molecule has 1 aliphatic carbocycles. The Labute approximate surface area is 129 Å². The van der Waals surface area contributed by atoms with E-state index in [1.165, 1.54) is 0 Å². The number of nitrogens with two attached hydrogens (primary N) is 1. The topological polar surface area (TPSA) is 88.0 Å². The molecule has 0 radical (unpaired) electrons. The van der Waals surface area contributed by atoms with Crippen LogP contribution in [0.1, 0.15) is 31.4 Å². The SMILES string of the molecule is NC(=O)[C@H]1CCCC[C@H]1C(=O)NCc1cc2ccccc2[nH]1. The lowest BCUT2D eigenvalue weighted by Crippen LogP contribution is -2.41. The monoisotopic (exact) mass is 299 g/mol. The number of benzene rings is 1. The molecule has 0 aliphatic heterocycles. The van der Waals surface area contributed by atoms with Crippen LogP contribution < -0.4 is 11.1 Å². The number of carbonyl (C=O) groups excluding carboxylic acids is 2. The van der Waals surface area contributed by atoms with Gasteiger partial charge >= 0.3 is 0 Å². The number of aromatic nitrogens is 1. The zero-order chi connectivity index (χ0) is 15.5. The molecule has 5 nitrogen and oxygen atoms in total. The van der Waals surface area contributed by atoms with Gasteiger partial charge in [-0.25, -0.2) is 0 Å². The number of hydrogen-bond acceptors (Lipinski definition) is 2. The van der Waals surface area contributed by atoms with Gasteiger partial charge < -0.3 is 16.0 Å². The Bertz CT molecular complexity index is 659. The lowest BCUT2D eigenvalue weighted by atomic mass is 9.78. The van der Waals surface area contributed by atoms with E-state index >= 15 is 0 Å². The van der Waals surface area contributed by atoms with E-state index in [0.717, 1.165) is 42.3 Å². The van der Waals surface area contributed by atoms with Gasteiger partial charge in [-0.3, -0.25) is 9.59 Å². The van der Waals surface area contributed by atoms with Crippen LogP contribution in [0.2, 0.25) is 0 Å². The van der Waals surface area contributed by atoms with Crippen LogP contribution in [0.15, 0.2) is 30.3 Å². The van der Waals surface area contributed by atoms with Crippen LogP contribution in [0.25, 0.3) is 10.9 Å². The first-order valence-corrected chi connectivity index (χ1v) is 7.79. The fourth-order valence-corrected chi connectivity index (χ4v) is 3.33. The summed E-state index contributed by atoms with van der Waals surface area (Å²) in [6.07, 6.45) is 3.42. The largest absolute Gasteiger partial charge is 0.369 e. The van der Waals surface area contributed by atoms with Crippen molar-refractivity contribution in [1.82, 2.24) is 10.3 Å². The normalized spacial score (nSPS) is 21.6. The van der Waals surface area contributed by atoms with Gasteiger partial charge in [0.15, 0.2) is 0 Å². The van der Waals surface area contributed by atoms with E-state index in [1.54, 1.807) is 0 Å². The molecule has 116 valence electrons. The second-order valence-electron chi connectivity index (χ2n) is 6.00. The van der Waals surface area contributed by atoms with E-state index in [-0.39, 0.29) is 23.7 Å². The van der Waals surface area contributed by atoms with Gasteiger partial charge in [0, 0.05) is 23.0 Å². The predicted molar refractivity (Wildman–Crippen MR) is 84.8 cm³/mol. The Kier molecular flexibility index (Phi) is 4.13. The second-order valence-corrected chi connectivity index (χ2v) is 6.00. The van der Waals surface area contributed by atoms with Crippen LogP contribution in [-0.2, 0) is 16.1 Å². The Morgan fingerprint density at radius 2 is 1.91 bits per heavy atom. The van der Waals surface area contributed by atoms with E-state index in [4.69, 9.17) is 5.73 Å². The van der Waals surface area contributed by atoms with Crippen LogP contribution >= 0.6 is 0 Å². The van der Waals surface area contributed by atoms with E-state index in [1.807, 2.05) is 30.3 Å². The second kappa shape index (κ2) is 6.22. The Hall–Kier alpha value is -2.30. The fraction of sp³-hybridized carbons (Fsp3) is 0.412. The lowest BCUT2D eigenvalue weighted by Gasteiger charge is -2.28. The smallest absolute Gasteiger partial charge is 0.224 e. The Balaban J connectivity index is 1.64. The van der Waals surface area contributed by atoms with E-state index in [9.17, 15) is 9.59 Å². The molecule has 1 aromatic heterocycles. The van der Waals surface area contributed by atoms with Crippen molar-refractivity contribution in [3.8, 4) is 0 Å². The molecule has 1 aromatic carbocycles. The maximum absolute atomic E-state index is 12.4. The van der Waals surface area contributed by atoms with Gasteiger partial charge in [0.2, 0.25) is 11.8 Å². The van der Waals surface area contributed by atoms with Gasteiger partial charge in [0.1, 0.15) is 0 Å². The maximum Gasteiger partial charge on any atom is 0.224 e. The number of rotatable bonds is 4. The first kappa shape index (κ1) is 14.6. The molecule has 0 unspecified atom stereocenters. The summed E-state index contributed by atoms with van der Waals surface area (Å²) in [6, 6.07) is 10.0. The lowest BCUT2D eigenvalue weighted by molar-refractivity contribution is -0.135. The van der Waals surface area contributed by atoms with Crippen LogP contribution in [0.5, 0.6) is 0 Å². The highest BCUT2D eigenvalue weighted by Gasteiger charge is 2.34. The van der Waals surface area contributed by atoms with Crippen molar-refractivity contribution >= 4 is 22.7 Å². The minimum atomic E-state index is -0.356. The summed E-state index contributed by atoms with van der Waals surface area (Å²) >= 11 is 0. The predicted octanol–water partition coefficient (Wildman–Crippen LogP) is 2.08. The Morgan fingerprint density at radius 3 is 2.64 bits per heavy atom. The van der Waals surface area contributed by atoms with Crippen molar-refractivity contribution in [1.29, 1.82) is 0 Å². The van der Waals surface area contributed by atoms with Gasteiger partial charge in [-0.15, -0.1) is 0 Å². The zero-order valence-corrected chi connectivity index (χ0v) is 12.5. The number of aromatic amines is 1. The van der Waals surface area contributed by atoms with Gasteiger partial charge in [0.05, 0.1) is 6.54 Å². The summed E-state index contributed by atoms with van der Waals surface area (Å²) in [4.78, 5) is 27.1. The summed E-state index contributed by atoms with van der Waals surface area (Å²) < 4.78 is 0. The third-order valence-corrected chi connectivity index (χ3v) is 4.51. The van der Waals surface area contributed by atoms with Crippen molar-refractivity contribution in [2.24, 2.45) is 17.6 Å². The first-order valence-electron chi connectivity index (χ1n) is 7.79. The summed E-state index contributed by atoms with van der Waals surface area (Å²) in [5, 5.41) is 4.06. The molecule has 2 atom stereocenters. The molecule has 2 aromatic rings. The fourth-order valence-electron chi connectivity index (χ4n) is 3.33. The molecule has 0 bridgehead atoms. The molecule has 1 saturated carbocycles. The number of fused-ring (bicyclic) bond motifs is 1. The van der Waals surface area contributed by atoms with E-state index in [0.29, 0.717) is 6.54 Å². The third kappa shape index (κ3) is 2.98. The molecular weight excluding hydrogens is 278 g/mol. The average molecular weight is 299 g/mol. The molecule has 4 N–H and O–H groups in total. The molecular formula is C17H21N3O2. The molecule has 22 heavy (non-hydrogen) atoms. The van der Waals surface area contributed by atoms with Crippen LogP contribution in [0, 0.1) is 11.8 Å². The standard InChI is InChI=1S/C17H21N3O2/c18-16(21)13-6-2-3-7-14(13)17(22)19-10-12-9-11-5-1-4-8-15(11)20-12/h1,4-5,8-9,13-14,20H,2-3,6-7,10H2,(H2,18,21)(H,19,22)/t13-,14+/m0/s1. The van der Waals surface area contributed by atoms with Crippen molar-refractivity contribution in [3.63, 3.8) is 0 Å². The molecule has 5 heteroatoms. The van der Waals surface area contributed by atoms with Crippen LogP contribution in [0.3, 0.4) is 0 Å². The molecule has 3 rings (SSSR count). The highest BCUT2D eigenvalue weighted by Crippen LogP contribution is 2.30. The van der Waals surface area contributed by atoms with Crippen molar-refractivity contribution in [2.45, 2.75) is 32.2 Å². The van der Waals surface area contributed by atoms with Gasteiger partial charge in [-0.05, 0) is 30.4 Å². The molecule has 1 heterocycles. The average Bonchev–Trinajstić information content (AvgIpc) is 2.95. The summed E-state index contributed by atoms with van der Waals surface area (Å²) in [6.45, 7) is 0.440. The number of primary amides is 1. The molecule has 0 saturated heterocycles. The third-order valence-electron chi connectivity index (χ3n) is 4.51. The summed E-state index contributed by atoms with van der Waals surface area (Å²) in [5.74, 6) is -1.03. The van der Waals surface area contributed by atoms with Gasteiger partial charge in [0.25, 0.3) is 0 Å². The van der Waals surface area contributed by atoms with Crippen molar-refractivity contribution in [3.05, 3.63) is 36.0 Å². The van der Waals surface area contributed by atoms with Gasteiger partial charge in [-0.1, -0.05) is 31.0 Å². The molecule has 2 amide bonds. The number of hydrogen-bond donors (Lipinski definition) is 3. The molecule has 1 aliphatic rings.